The minimum Gasteiger partial charge on any atom is -0.379 e. The molecule has 9 heteroatoms. The molecule has 6 nitrogen and oxygen atoms in total. The summed E-state index contributed by atoms with van der Waals surface area (Å²) in [4.78, 5) is 2.26. The van der Waals surface area contributed by atoms with Gasteiger partial charge in [-0.3, -0.25) is 4.90 Å². The van der Waals surface area contributed by atoms with Gasteiger partial charge in [0.1, 0.15) is 5.82 Å². The van der Waals surface area contributed by atoms with Crippen LogP contribution in [0.4, 0.5) is 4.39 Å². The van der Waals surface area contributed by atoms with Crippen molar-refractivity contribution < 1.29 is 17.5 Å². The minimum absolute atomic E-state index is 0. The Balaban J connectivity index is 0.00000261. The highest BCUT2D eigenvalue weighted by Crippen LogP contribution is 2.23. The predicted molar refractivity (Wildman–Crippen MR) is 105 cm³/mol. The zero-order valence-corrected chi connectivity index (χ0v) is 17.3. The van der Waals surface area contributed by atoms with E-state index in [2.05, 4.69) is 10.2 Å². The Hall–Kier alpha value is -0.770. The number of sulfonamides is 1. The molecule has 2 saturated heterocycles. The molecule has 1 unspecified atom stereocenters. The third-order valence-electron chi connectivity index (χ3n) is 5.17. The van der Waals surface area contributed by atoms with E-state index >= 15 is 0 Å². The third kappa shape index (κ3) is 5.62. The summed E-state index contributed by atoms with van der Waals surface area (Å²) in [6.45, 7) is 7.24. The molecule has 0 radical (unpaired) electrons. The first-order valence-electron chi connectivity index (χ1n) is 9.27. The van der Waals surface area contributed by atoms with E-state index in [-0.39, 0.29) is 23.3 Å². The maximum absolute atomic E-state index is 14.0. The second-order valence-electron chi connectivity index (χ2n) is 6.98. The number of aryl methyl sites for hydroxylation is 1. The van der Waals surface area contributed by atoms with Crippen molar-refractivity contribution in [2.24, 2.45) is 0 Å². The number of nitrogens with zero attached hydrogens (tertiary/aromatic N) is 2. The van der Waals surface area contributed by atoms with Gasteiger partial charge in [0.15, 0.2) is 0 Å². The fourth-order valence-corrected chi connectivity index (χ4v) is 5.17. The smallest absolute Gasteiger partial charge is 0.243 e. The highest BCUT2D eigenvalue weighted by molar-refractivity contribution is 7.89. The summed E-state index contributed by atoms with van der Waals surface area (Å²) in [5.74, 6) is -0.485. The van der Waals surface area contributed by atoms with Gasteiger partial charge in [0.25, 0.3) is 0 Å². The van der Waals surface area contributed by atoms with E-state index in [9.17, 15) is 12.8 Å². The summed E-state index contributed by atoms with van der Waals surface area (Å²) >= 11 is 0. The number of hydrogen-bond donors (Lipinski definition) is 1. The highest BCUT2D eigenvalue weighted by atomic mass is 35.5. The number of morpholine rings is 1. The Bertz CT molecular complexity index is 708. The number of benzene rings is 1. The highest BCUT2D eigenvalue weighted by Gasteiger charge is 2.33. The largest absolute Gasteiger partial charge is 0.379 e. The number of halogens is 2. The number of ether oxygens (including phenoxy) is 1. The summed E-state index contributed by atoms with van der Waals surface area (Å²) in [6.07, 6.45) is 1.76. The van der Waals surface area contributed by atoms with Gasteiger partial charge in [-0.15, -0.1) is 12.4 Å². The van der Waals surface area contributed by atoms with Crippen LogP contribution >= 0.6 is 12.4 Å². The van der Waals surface area contributed by atoms with Crippen molar-refractivity contribution in [3.8, 4) is 0 Å². The number of hydrogen-bond acceptors (Lipinski definition) is 5. The zero-order valence-electron chi connectivity index (χ0n) is 15.7. The van der Waals surface area contributed by atoms with Gasteiger partial charge < -0.3 is 10.1 Å². The second-order valence-corrected chi connectivity index (χ2v) is 8.87. The minimum atomic E-state index is -3.75. The molecule has 1 aromatic carbocycles. The lowest BCUT2D eigenvalue weighted by molar-refractivity contribution is 0.0350. The monoisotopic (exact) mass is 421 g/mol. The van der Waals surface area contributed by atoms with Crippen LogP contribution in [-0.4, -0.2) is 76.1 Å². The standard InChI is InChI=1S/C18H28FN3O3S.ClH/c1-15-4-5-17(13-18(15)19)26(23,24)22(16-3-2-6-20-14-16)8-7-21-9-11-25-12-10-21;/h4-5,13,16,20H,2-3,6-12,14H2,1H3;1H. The van der Waals surface area contributed by atoms with Crippen LogP contribution in [0.1, 0.15) is 18.4 Å². The van der Waals surface area contributed by atoms with E-state index in [1.54, 1.807) is 11.2 Å². The SMILES string of the molecule is Cc1ccc(S(=O)(=O)N(CCN2CCOCC2)C2CCCNC2)cc1F.Cl. The molecule has 0 saturated carbocycles. The molecular formula is C18H29ClFN3O3S. The van der Waals surface area contributed by atoms with E-state index in [0.717, 1.165) is 38.5 Å². The Kier molecular flexibility index (Phi) is 8.45. The topological polar surface area (TPSA) is 61.9 Å². The van der Waals surface area contributed by atoms with Crippen molar-refractivity contribution in [3.63, 3.8) is 0 Å². The lowest BCUT2D eigenvalue weighted by Gasteiger charge is -2.36. The number of nitrogens with one attached hydrogen (secondary N) is 1. The van der Waals surface area contributed by atoms with Crippen LogP contribution in [0.3, 0.4) is 0 Å². The number of piperidine rings is 1. The molecule has 154 valence electrons. The molecule has 2 aliphatic heterocycles. The van der Waals surface area contributed by atoms with Crippen LogP contribution in [0.15, 0.2) is 23.1 Å². The molecule has 2 heterocycles. The Morgan fingerprint density at radius 2 is 2.07 bits per heavy atom. The van der Waals surface area contributed by atoms with E-state index < -0.39 is 15.8 Å². The van der Waals surface area contributed by atoms with Gasteiger partial charge in [-0.1, -0.05) is 6.07 Å². The summed E-state index contributed by atoms with van der Waals surface area (Å²) in [7, 11) is -3.75. The van der Waals surface area contributed by atoms with Crippen molar-refractivity contribution in [2.45, 2.75) is 30.7 Å². The Morgan fingerprint density at radius 1 is 1.33 bits per heavy atom. The molecule has 1 atom stereocenters. The first kappa shape index (κ1) is 22.5. The van der Waals surface area contributed by atoms with Gasteiger partial charge in [0, 0.05) is 38.8 Å². The van der Waals surface area contributed by atoms with Crippen molar-refractivity contribution >= 4 is 22.4 Å². The molecule has 3 rings (SSSR count). The molecule has 0 bridgehead atoms. The van der Waals surface area contributed by atoms with Crippen LogP contribution < -0.4 is 5.32 Å². The van der Waals surface area contributed by atoms with E-state index in [1.807, 2.05) is 0 Å². The van der Waals surface area contributed by atoms with Crippen molar-refractivity contribution in [2.75, 3.05) is 52.5 Å². The maximum atomic E-state index is 14.0. The maximum Gasteiger partial charge on any atom is 0.243 e. The van der Waals surface area contributed by atoms with Crippen LogP contribution in [0.5, 0.6) is 0 Å². The number of rotatable bonds is 6. The Labute approximate surface area is 167 Å². The van der Waals surface area contributed by atoms with Crippen LogP contribution in [0.2, 0.25) is 0 Å². The van der Waals surface area contributed by atoms with Crippen LogP contribution in [-0.2, 0) is 14.8 Å². The van der Waals surface area contributed by atoms with Gasteiger partial charge in [0.2, 0.25) is 10.0 Å². The van der Waals surface area contributed by atoms with Gasteiger partial charge in [0.05, 0.1) is 18.1 Å². The molecular weight excluding hydrogens is 393 g/mol. The molecule has 0 aliphatic carbocycles. The molecule has 1 N–H and O–H groups in total. The van der Waals surface area contributed by atoms with Gasteiger partial charge in [-0.25, -0.2) is 12.8 Å². The molecule has 27 heavy (non-hydrogen) atoms. The average molecular weight is 422 g/mol. The average Bonchev–Trinajstić information content (AvgIpc) is 2.65. The predicted octanol–water partition coefficient (Wildman–Crippen LogP) is 1.63. The van der Waals surface area contributed by atoms with Gasteiger partial charge >= 0.3 is 0 Å². The van der Waals surface area contributed by atoms with Gasteiger partial charge in [-0.2, -0.15) is 4.31 Å². The summed E-state index contributed by atoms with van der Waals surface area (Å²) in [6, 6.07) is 4.08. The first-order valence-corrected chi connectivity index (χ1v) is 10.7. The fourth-order valence-electron chi connectivity index (χ4n) is 3.51. The molecule has 1 aromatic rings. The second kappa shape index (κ2) is 10.1. The quantitative estimate of drug-likeness (QED) is 0.756. The van der Waals surface area contributed by atoms with Crippen molar-refractivity contribution in [1.29, 1.82) is 0 Å². The van der Waals surface area contributed by atoms with Crippen molar-refractivity contribution in [3.05, 3.63) is 29.6 Å². The van der Waals surface area contributed by atoms with Crippen LogP contribution in [0.25, 0.3) is 0 Å². The van der Waals surface area contributed by atoms with E-state index in [4.69, 9.17) is 4.74 Å². The normalized spacial score (nSPS) is 21.8. The summed E-state index contributed by atoms with van der Waals surface area (Å²) in [5, 5.41) is 3.28. The zero-order chi connectivity index (χ0) is 18.6. The molecule has 0 amide bonds. The molecule has 0 spiro atoms. The first-order chi connectivity index (χ1) is 12.5. The lowest BCUT2D eigenvalue weighted by Crippen LogP contribution is -2.51. The molecule has 2 fully saturated rings. The molecule has 0 aromatic heterocycles. The lowest BCUT2D eigenvalue weighted by atomic mass is 10.1. The van der Waals surface area contributed by atoms with E-state index in [0.29, 0.717) is 38.4 Å². The Morgan fingerprint density at radius 3 is 2.70 bits per heavy atom. The van der Waals surface area contributed by atoms with Gasteiger partial charge in [-0.05, 0) is 44.0 Å². The summed E-state index contributed by atoms with van der Waals surface area (Å²) < 4.78 is 47.4. The third-order valence-corrected chi connectivity index (χ3v) is 7.12. The van der Waals surface area contributed by atoms with Crippen molar-refractivity contribution in [1.82, 2.24) is 14.5 Å². The van der Waals surface area contributed by atoms with E-state index in [1.165, 1.54) is 12.1 Å². The molecule has 2 aliphatic rings. The van der Waals surface area contributed by atoms with Crippen LogP contribution in [0, 0.1) is 12.7 Å². The summed E-state index contributed by atoms with van der Waals surface area (Å²) in [5.41, 5.74) is 0.447. The fraction of sp³-hybridized carbons (Fsp3) is 0.667.